The Balaban J connectivity index is 2.36. The third-order valence-electron chi connectivity index (χ3n) is 2.91. The van der Waals surface area contributed by atoms with Gasteiger partial charge in [0.05, 0.1) is 0 Å². The standard InChI is InChI=1S/C17H16O/c1-13-3-7-15(8-4-13)11-17(12-18)16-9-5-14(2)6-10-16/h3-12H,1-2H3/b17-11+. The molecule has 0 aliphatic rings. The molecule has 1 nitrogen and oxygen atoms in total. The van der Waals surface area contributed by atoms with Crippen LogP contribution in [-0.2, 0) is 4.79 Å². The van der Waals surface area contributed by atoms with Crippen LogP contribution < -0.4 is 0 Å². The number of aldehydes is 1. The van der Waals surface area contributed by atoms with Gasteiger partial charge in [0, 0.05) is 5.57 Å². The Kier molecular flexibility index (Phi) is 3.73. The van der Waals surface area contributed by atoms with Gasteiger partial charge in [0.1, 0.15) is 0 Å². The van der Waals surface area contributed by atoms with E-state index in [0.717, 1.165) is 17.4 Å². The first kappa shape index (κ1) is 12.3. The molecule has 2 rings (SSSR count). The van der Waals surface area contributed by atoms with Crippen molar-refractivity contribution in [1.29, 1.82) is 0 Å². The van der Waals surface area contributed by atoms with Gasteiger partial charge in [-0.15, -0.1) is 0 Å². The van der Waals surface area contributed by atoms with Crippen LogP contribution in [0.4, 0.5) is 0 Å². The van der Waals surface area contributed by atoms with Gasteiger partial charge in [-0.2, -0.15) is 0 Å². The van der Waals surface area contributed by atoms with Crippen molar-refractivity contribution < 1.29 is 4.79 Å². The Morgan fingerprint density at radius 2 is 1.33 bits per heavy atom. The zero-order chi connectivity index (χ0) is 13.0. The summed E-state index contributed by atoms with van der Waals surface area (Å²) >= 11 is 0. The minimum Gasteiger partial charge on any atom is -0.298 e. The summed E-state index contributed by atoms with van der Waals surface area (Å²) in [6.45, 7) is 4.09. The molecule has 0 aliphatic carbocycles. The first-order valence-electron chi connectivity index (χ1n) is 5.99. The van der Waals surface area contributed by atoms with Crippen LogP contribution in [0.1, 0.15) is 22.3 Å². The van der Waals surface area contributed by atoms with Crippen LogP contribution >= 0.6 is 0 Å². The van der Waals surface area contributed by atoms with Crippen molar-refractivity contribution in [3.63, 3.8) is 0 Å². The fraction of sp³-hybridized carbons (Fsp3) is 0.118. The van der Waals surface area contributed by atoms with Gasteiger partial charge in [0.15, 0.2) is 6.29 Å². The second kappa shape index (κ2) is 5.46. The molecule has 0 fully saturated rings. The predicted molar refractivity (Wildman–Crippen MR) is 76.3 cm³/mol. The highest BCUT2D eigenvalue weighted by atomic mass is 16.1. The van der Waals surface area contributed by atoms with Gasteiger partial charge in [-0.3, -0.25) is 4.79 Å². The van der Waals surface area contributed by atoms with E-state index in [0.29, 0.717) is 5.57 Å². The molecular formula is C17H16O. The summed E-state index contributed by atoms with van der Waals surface area (Å²) < 4.78 is 0. The smallest absolute Gasteiger partial charge is 0.150 e. The SMILES string of the molecule is Cc1ccc(/C=C(\C=O)c2ccc(C)cc2)cc1. The van der Waals surface area contributed by atoms with Crippen molar-refractivity contribution in [3.8, 4) is 0 Å². The number of aryl methyl sites for hydroxylation is 2. The molecule has 0 saturated heterocycles. The largest absolute Gasteiger partial charge is 0.298 e. The van der Waals surface area contributed by atoms with E-state index in [1.54, 1.807) is 0 Å². The Morgan fingerprint density at radius 3 is 1.83 bits per heavy atom. The van der Waals surface area contributed by atoms with Crippen molar-refractivity contribution in [2.75, 3.05) is 0 Å². The number of carbonyl (C=O) groups is 1. The molecule has 0 aromatic heterocycles. The van der Waals surface area contributed by atoms with Crippen LogP contribution in [-0.4, -0.2) is 6.29 Å². The third kappa shape index (κ3) is 2.95. The lowest BCUT2D eigenvalue weighted by Gasteiger charge is -2.02. The average molecular weight is 236 g/mol. The molecule has 18 heavy (non-hydrogen) atoms. The lowest BCUT2D eigenvalue weighted by atomic mass is 10.0. The number of hydrogen-bond acceptors (Lipinski definition) is 1. The second-order valence-corrected chi connectivity index (χ2v) is 4.49. The van der Waals surface area contributed by atoms with E-state index in [4.69, 9.17) is 0 Å². The summed E-state index contributed by atoms with van der Waals surface area (Å²) in [6, 6.07) is 16.1. The maximum Gasteiger partial charge on any atom is 0.150 e. The molecule has 2 aromatic carbocycles. The van der Waals surface area contributed by atoms with Crippen LogP contribution in [0.5, 0.6) is 0 Å². The quantitative estimate of drug-likeness (QED) is 0.446. The van der Waals surface area contributed by atoms with Gasteiger partial charge in [-0.1, -0.05) is 59.7 Å². The van der Waals surface area contributed by atoms with E-state index in [9.17, 15) is 4.79 Å². The van der Waals surface area contributed by atoms with Gasteiger partial charge in [0.2, 0.25) is 0 Å². The molecule has 1 heteroatoms. The summed E-state index contributed by atoms with van der Waals surface area (Å²) in [7, 11) is 0. The first-order valence-corrected chi connectivity index (χ1v) is 5.99. The molecule has 0 spiro atoms. The topological polar surface area (TPSA) is 17.1 Å². The van der Waals surface area contributed by atoms with Crippen molar-refractivity contribution in [3.05, 3.63) is 70.8 Å². The zero-order valence-corrected chi connectivity index (χ0v) is 10.7. The van der Waals surface area contributed by atoms with Crippen LogP contribution in [0.15, 0.2) is 48.5 Å². The molecule has 90 valence electrons. The molecule has 0 saturated carbocycles. The number of benzene rings is 2. The highest BCUT2D eigenvalue weighted by molar-refractivity contribution is 6.13. The molecule has 0 aliphatic heterocycles. The van der Waals surface area contributed by atoms with Gasteiger partial charge in [-0.25, -0.2) is 0 Å². The highest BCUT2D eigenvalue weighted by Gasteiger charge is 2.00. The van der Waals surface area contributed by atoms with E-state index in [1.807, 2.05) is 68.5 Å². The number of rotatable bonds is 3. The van der Waals surface area contributed by atoms with Crippen molar-refractivity contribution in [2.24, 2.45) is 0 Å². The number of allylic oxidation sites excluding steroid dienone is 1. The Hall–Kier alpha value is -2.15. The molecule has 0 unspecified atom stereocenters. The van der Waals surface area contributed by atoms with E-state index in [1.165, 1.54) is 11.1 Å². The average Bonchev–Trinajstić information content (AvgIpc) is 2.39. The van der Waals surface area contributed by atoms with Crippen molar-refractivity contribution in [2.45, 2.75) is 13.8 Å². The Morgan fingerprint density at radius 1 is 0.833 bits per heavy atom. The maximum absolute atomic E-state index is 11.2. The van der Waals surface area contributed by atoms with E-state index < -0.39 is 0 Å². The lowest BCUT2D eigenvalue weighted by Crippen LogP contribution is -1.86. The first-order chi connectivity index (χ1) is 8.69. The normalized spacial score (nSPS) is 11.3. The van der Waals surface area contributed by atoms with Crippen molar-refractivity contribution >= 4 is 17.9 Å². The van der Waals surface area contributed by atoms with Gasteiger partial charge in [0.25, 0.3) is 0 Å². The summed E-state index contributed by atoms with van der Waals surface area (Å²) in [5, 5.41) is 0. The van der Waals surface area contributed by atoms with Gasteiger partial charge in [-0.05, 0) is 31.1 Å². The Bertz CT molecular complexity index is 560. The third-order valence-corrected chi connectivity index (χ3v) is 2.91. The molecule has 0 amide bonds. The molecule has 0 heterocycles. The van der Waals surface area contributed by atoms with Gasteiger partial charge < -0.3 is 0 Å². The van der Waals surface area contributed by atoms with Crippen LogP contribution in [0.2, 0.25) is 0 Å². The van der Waals surface area contributed by atoms with Gasteiger partial charge >= 0.3 is 0 Å². The summed E-state index contributed by atoms with van der Waals surface area (Å²) in [5.41, 5.74) is 5.12. The summed E-state index contributed by atoms with van der Waals surface area (Å²) in [6.07, 6.45) is 2.82. The van der Waals surface area contributed by atoms with Crippen LogP contribution in [0.3, 0.4) is 0 Å². The Labute approximate surface area is 108 Å². The molecule has 0 radical (unpaired) electrons. The fourth-order valence-corrected chi connectivity index (χ4v) is 1.77. The van der Waals surface area contributed by atoms with E-state index >= 15 is 0 Å². The molecule has 2 aromatic rings. The summed E-state index contributed by atoms with van der Waals surface area (Å²) in [4.78, 5) is 11.2. The van der Waals surface area contributed by atoms with E-state index in [2.05, 4.69) is 0 Å². The molecular weight excluding hydrogens is 220 g/mol. The maximum atomic E-state index is 11.2. The number of hydrogen-bond donors (Lipinski definition) is 0. The molecule has 0 bridgehead atoms. The molecule has 0 N–H and O–H groups in total. The van der Waals surface area contributed by atoms with Crippen LogP contribution in [0, 0.1) is 13.8 Å². The summed E-state index contributed by atoms with van der Waals surface area (Å²) in [5.74, 6) is 0. The fourth-order valence-electron chi connectivity index (χ4n) is 1.77. The number of carbonyl (C=O) groups excluding carboxylic acids is 1. The minimum absolute atomic E-state index is 0.707. The van der Waals surface area contributed by atoms with Crippen molar-refractivity contribution in [1.82, 2.24) is 0 Å². The monoisotopic (exact) mass is 236 g/mol. The lowest BCUT2D eigenvalue weighted by molar-refractivity contribution is -0.103. The van der Waals surface area contributed by atoms with Crippen LogP contribution in [0.25, 0.3) is 11.6 Å². The zero-order valence-electron chi connectivity index (χ0n) is 10.7. The van der Waals surface area contributed by atoms with E-state index in [-0.39, 0.29) is 0 Å². The minimum atomic E-state index is 0.707. The predicted octanol–water partition coefficient (Wildman–Crippen LogP) is 4.04. The highest BCUT2D eigenvalue weighted by Crippen LogP contribution is 2.17. The molecule has 0 atom stereocenters. The second-order valence-electron chi connectivity index (χ2n) is 4.49.